The van der Waals surface area contributed by atoms with E-state index in [2.05, 4.69) is 15.3 Å². The fourth-order valence-corrected chi connectivity index (χ4v) is 2.59. The van der Waals surface area contributed by atoms with Crippen LogP contribution >= 0.6 is 0 Å². The summed E-state index contributed by atoms with van der Waals surface area (Å²) in [5, 5.41) is 3.43. The summed E-state index contributed by atoms with van der Waals surface area (Å²) in [5.41, 5.74) is 0.967. The summed E-state index contributed by atoms with van der Waals surface area (Å²) in [6, 6.07) is 2.37. The number of aryl methyl sites for hydroxylation is 1. The van der Waals surface area contributed by atoms with Crippen molar-refractivity contribution >= 4 is 11.7 Å². The maximum absolute atomic E-state index is 11.9. The summed E-state index contributed by atoms with van der Waals surface area (Å²) in [4.78, 5) is 21.9. The molecule has 0 aromatic carbocycles. The van der Waals surface area contributed by atoms with E-state index in [0.29, 0.717) is 6.04 Å². The first-order valence-electron chi connectivity index (χ1n) is 6.82. The standard InChI is InChI=1S/C14H22N4O/c1-10-8-13(16-9-15-10)17-12-6-4-11(5-7-12)14(19)18(2)3/h8-9,11-12H,4-7H2,1-3H3,(H,15,16,17). The molecule has 1 amide bonds. The highest BCUT2D eigenvalue weighted by atomic mass is 16.2. The van der Waals surface area contributed by atoms with Crippen molar-refractivity contribution in [1.29, 1.82) is 0 Å². The van der Waals surface area contributed by atoms with Crippen LogP contribution < -0.4 is 5.32 Å². The Morgan fingerprint density at radius 3 is 2.53 bits per heavy atom. The number of hydrogen-bond donors (Lipinski definition) is 1. The predicted octanol–water partition coefficient (Wildman–Crippen LogP) is 1.84. The van der Waals surface area contributed by atoms with Crippen LogP contribution in [0.15, 0.2) is 12.4 Å². The minimum Gasteiger partial charge on any atom is -0.367 e. The van der Waals surface area contributed by atoms with Gasteiger partial charge in [-0.1, -0.05) is 0 Å². The maximum Gasteiger partial charge on any atom is 0.225 e. The second kappa shape index (κ2) is 5.99. The Morgan fingerprint density at radius 1 is 1.26 bits per heavy atom. The van der Waals surface area contributed by atoms with E-state index in [-0.39, 0.29) is 11.8 Å². The van der Waals surface area contributed by atoms with Crippen LogP contribution in [0.3, 0.4) is 0 Å². The van der Waals surface area contributed by atoms with E-state index in [1.165, 1.54) is 0 Å². The summed E-state index contributed by atoms with van der Waals surface area (Å²) in [6.07, 6.45) is 5.54. The molecule has 1 aliphatic carbocycles. The molecule has 19 heavy (non-hydrogen) atoms. The lowest BCUT2D eigenvalue weighted by Gasteiger charge is -2.30. The minimum absolute atomic E-state index is 0.195. The smallest absolute Gasteiger partial charge is 0.225 e. The second-order valence-corrected chi connectivity index (χ2v) is 5.47. The van der Waals surface area contributed by atoms with Crippen LogP contribution in [-0.4, -0.2) is 40.9 Å². The molecule has 2 rings (SSSR count). The molecule has 0 aliphatic heterocycles. The Labute approximate surface area is 114 Å². The summed E-state index contributed by atoms with van der Waals surface area (Å²) < 4.78 is 0. The van der Waals surface area contributed by atoms with Gasteiger partial charge in [0, 0.05) is 37.8 Å². The monoisotopic (exact) mass is 262 g/mol. The fourth-order valence-electron chi connectivity index (χ4n) is 2.59. The van der Waals surface area contributed by atoms with Gasteiger partial charge in [-0.2, -0.15) is 0 Å². The van der Waals surface area contributed by atoms with Gasteiger partial charge in [-0.15, -0.1) is 0 Å². The van der Waals surface area contributed by atoms with Gasteiger partial charge < -0.3 is 10.2 Å². The zero-order valence-corrected chi connectivity index (χ0v) is 11.9. The predicted molar refractivity (Wildman–Crippen MR) is 74.8 cm³/mol. The minimum atomic E-state index is 0.195. The topological polar surface area (TPSA) is 58.1 Å². The lowest BCUT2D eigenvalue weighted by molar-refractivity contribution is -0.133. The van der Waals surface area contributed by atoms with Gasteiger partial charge in [0.15, 0.2) is 0 Å². The van der Waals surface area contributed by atoms with E-state index in [0.717, 1.165) is 37.2 Å². The Kier molecular flexibility index (Phi) is 4.35. The number of carbonyl (C=O) groups excluding carboxylic acids is 1. The quantitative estimate of drug-likeness (QED) is 0.903. The maximum atomic E-state index is 11.9. The normalized spacial score (nSPS) is 22.9. The van der Waals surface area contributed by atoms with Gasteiger partial charge in [0.1, 0.15) is 12.1 Å². The molecule has 1 saturated carbocycles. The number of amides is 1. The van der Waals surface area contributed by atoms with Crippen molar-refractivity contribution in [1.82, 2.24) is 14.9 Å². The highest BCUT2D eigenvalue weighted by Gasteiger charge is 2.27. The number of rotatable bonds is 3. The Balaban J connectivity index is 1.85. The third kappa shape index (κ3) is 3.66. The van der Waals surface area contributed by atoms with Gasteiger partial charge in [0.25, 0.3) is 0 Å². The lowest BCUT2D eigenvalue weighted by Crippen LogP contribution is -2.35. The average Bonchev–Trinajstić information content (AvgIpc) is 2.39. The third-order valence-corrected chi connectivity index (χ3v) is 3.67. The molecule has 0 spiro atoms. The summed E-state index contributed by atoms with van der Waals surface area (Å²) in [6.45, 7) is 1.96. The van der Waals surface area contributed by atoms with Crippen LogP contribution in [0.2, 0.25) is 0 Å². The molecule has 5 nitrogen and oxygen atoms in total. The van der Waals surface area contributed by atoms with Crippen LogP contribution in [0.4, 0.5) is 5.82 Å². The Bertz CT molecular complexity index is 439. The van der Waals surface area contributed by atoms with Crippen molar-refractivity contribution in [2.75, 3.05) is 19.4 Å². The summed E-state index contributed by atoms with van der Waals surface area (Å²) in [7, 11) is 3.66. The molecule has 0 saturated heterocycles. The number of anilines is 1. The number of nitrogens with zero attached hydrogens (tertiary/aromatic N) is 3. The SMILES string of the molecule is Cc1cc(NC2CCC(C(=O)N(C)C)CC2)ncn1. The molecule has 0 unspecified atom stereocenters. The molecular weight excluding hydrogens is 240 g/mol. The fraction of sp³-hybridized carbons (Fsp3) is 0.643. The molecule has 1 aromatic rings. The first-order valence-corrected chi connectivity index (χ1v) is 6.82. The molecule has 0 atom stereocenters. The van der Waals surface area contributed by atoms with Gasteiger partial charge in [-0.05, 0) is 32.6 Å². The second-order valence-electron chi connectivity index (χ2n) is 5.47. The van der Waals surface area contributed by atoms with Crippen molar-refractivity contribution in [3.05, 3.63) is 18.1 Å². The largest absolute Gasteiger partial charge is 0.367 e. The molecule has 1 heterocycles. The van der Waals surface area contributed by atoms with E-state index in [4.69, 9.17) is 0 Å². The van der Waals surface area contributed by atoms with Crippen LogP contribution in [0.1, 0.15) is 31.4 Å². The van der Waals surface area contributed by atoms with E-state index in [1.54, 1.807) is 11.2 Å². The molecule has 1 aromatic heterocycles. The average molecular weight is 262 g/mol. The molecule has 0 bridgehead atoms. The zero-order valence-electron chi connectivity index (χ0n) is 11.9. The highest BCUT2D eigenvalue weighted by molar-refractivity contribution is 5.78. The van der Waals surface area contributed by atoms with Crippen molar-refractivity contribution in [3.8, 4) is 0 Å². The first-order chi connectivity index (χ1) is 9.06. The van der Waals surface area contributed by atoms with Gasteiger partial charge in [0.2, 0.25) is 5.91 Å². The van der Waals surface area contributed by atoms with Crippen molar-refractivity contribution in [3.63, 3.8) is 0 Å². The van der Waals surface area contributed by atoms with E-state index in [1.807, 2.05) is 27.1 Å². The lowest BCUT2D eigenvalue weighted by atomic mass is 9.85. The van der Waals surface area contributed by atoms with Crippen LogP contribution in [0.25, 0.3) is 0 Å². The number of carbonyl (C=O) groups is 1. The number of aromatic nitrogens is 2. The van der Waals surface area contributed by atoms with Gasteiger partial charge in [-0.3, -0.25) is 4.79 Å². The molecule has 1 aliphatic rings. The third-order valence-electron chi connectivity index (χ3n) is 3.67. The molecule has 1 N–H and O–H groups in total. The van der Waals surface area contributed by atoms with Crippen LogP contribution in [-0.2, 0) is 4.79 Å². The zero-order chi connectivity index (χ0) is 13.8. The molecule has 104 valence electrons. The van der Waals surface area contributed by atoms with Crippen molar-refractivity contribution in [2.24, 2.45) is 5.92 Å². The van der Waals surface area contributed by atoms with Crippen LogP contribution in [0, 0.1) is 12.8 Å². The first kappa shape index (κ1) is 13.8. The van der Waals surface area contributed by atoms with E-state index >= 15 is 0 Å². The van der Waals surface area contributed by atoms with Gasteiger partial charge >= 0.3 is 0 Å². The molecular formula is C14H22N4O. The van der Waals surface area contributed by atoms with Crippen molar-refractivity contribution in [2.45, 2.75) is 38.6 Å². The van der Waals surface area contributed by atoms with E-state index < -0.39 is 0 Å². The van der Waals surface area contributed by atoms with E-state index in [9.17, 15) is 4.79 Å². The van der Waals surface area contributed by atoms with Gasteiger partial charge in [-0.25, -0.2) is 9.97 Å². The molecule has 5 heteroatoms. The summed E-state index contributed by atoms with van der Waals surface area (Å²) >= 11 is 0. The Morgan fingerprint density at radius 2 is 1.95 bits per heavy atom. The summed E-state index contributed by atoms with van der Waals surface area (Å²) in [5.74, 6) is 1.34. The highest BCUT2D eigenvalue weighted by Crippen LogP contribution is 2.27. The Hall–Kier alpha value is -1.65. The number of hydrogen-bond acceptors (Lipinski definition) is 4. The molecule has 1 fully saturated rings. The molecule has 0 radical (unpaired) electrons. The van der Waals surface area contributed by atoms with Crippen LogP contribution in [0.5, 0.6) is 0 Å². The number of nitrogens with one attached hydrogen (secondary N) is 1. The van der Waals surface area contributed by atoms with Gasteiger partial charge in [0.05, 0.1) is 0 Å². The van der Waals surface area contributed by atoms with Crippen molar-refractivity contribution < 1.29 is 4.79 Å².